The van der Waals surface area contributed by atoms with Crippen LogP contribution >= 0.6 is 0 Å². The second kappa shape index (κ2) is 5.49. The number of rotatable bonds is 5. The summed E-state index contributed by atoms with van der Waals surface area (Å²) >= 11 is 0. The monoisotopic (exact) mass is 217 g/mol. The Morgan fingerprint density at radius 3 is 2.69 bits per heavy atom. The number of benzene rings is 1. The summed E-state index contributed by atoms with van der Waals surface area (Å²) in [5.74, 6) is 0.999. The lowest BCUT2D eigenvalue weighted by atomic mass is 9.81. The van der Waals surface area contributed by atoms with E-state index in [0.717, 1.165) is 12.5 Å². The molecule has 0 heterocycles. The highest BCUT2D eigenvalue weighted by Crippen LogP contribution is 2.30. The van der Waals surface area contributed by atoms with Crippen LogP contribution in [-0.4, -0.2) is 6.04 Å². The zero-order valence-corrected chi connectivity index (χ0v) is 10.5. The molecule has 1 nitrogen and oxygen atoms in total. The average Bonchev–Trinajstić information content (AvgIpc) is 2.22. The summed E-state index contributed by atoms with van der Waals surface area (Å²) < 4.78 is 0. The van der Waals surface area contributed by atoms with E-state index in [9.17, 15) is 0 Å². The molecule has 0 amide bonds. The standard InChI is InChI=1S/C15H23N/c1-12-6-3-4-9-15(12)11-16-13(2)10-14-7-5-8-14/h3-4,6,9,13-14,16H,5,7-8,10-11H2,1-2H3. The van der Waals surface area contributed by atoms with Crippen LogP contribution in [0.1, 0.15) is 43.7 Å². The summed E-state index contributed by atoms with van der Waals surface area (Å²) in [6.07, 6.45) is 5.72. The summed E-state index contributed by atoms with van der Waals surface area (Å²) in [7, 11) is 0. The molecule has 0 aliphatic heterocycles. The number of aryl methyl sites for hydroxylation is 1. The van der Waals surface area contributed by atoms with Crippen LogP contribution in [0.15, 0.2) is 24.3 Å². The maximum absolute atomic E-state index is 3.64. The van der Waals surface area contributed by atoms with Crippen LogP contribution < -0.4 is 5.32 Å². The van der Waals surface area contributed by atoms with Gasteiger partial charge in [-0.1, -0.05) is 43.5 Å². The molecular formula is C15H23N. The van der Waals surface area contributed by atoms with E-state index in [1.54, 1.807) is 0 Å². The van der Waals surface area contributed by atoms with Gasteiger partial charge in [0.1, 0.15) is 0 Å². The highest BCUT2D eigenvalue weighted by Gasteiger charge is 2.19. The third-order valence-electron chi connectivity index (χ3n) is 3.81. The lowest BCUT2D eigenvalue weighted by molar-refractivity contribution is 0.265. The Kier molecular flexibility index (Phi) is 4.00. The molecule has 1 N–H and O–H groups in total. The van der Waals surface area contributed by atoms with Gasteiger partial charge < -0.3 is 5.32 Å². The van der Waals surface area contributed by atoms with Crippen molar-refractivity contribution < 1.29 is 0 Å². The predicted octanol–water partition coefficient (Wildman–Crippen LogP) is 3.66. The highest BCUT2D eigenvalue weighted by atomic mass is 14.9. The van der Waals surface area contributed by atoms with Crippen molar-refractivity contribution in [2.45, 2.75) is 52.1 Å². The van der Waals surface area contributed by atoms with Crippen molar-refractivity contribution >= 4 is 0 Å². The molecule has 1 unspecified atom stereocenters. The van der Waals surface area contributed by atoms with Crippen LogP contribution in [0.2, 0.25) is 0 Å². The fourth-order valence-electron chi connectivity index (χ4n) is 2.40. The van der Waals surface area contributed by atoms with Crippen molar-refractivity contribution in [1.29, 1.82) is 0 Å². The van der Waals surface area contributed by atoms with Gasteiger partial charge in [-0.15, -0.1) is 0 Å². The van der Waals surface area contributed by atoms with Crippen molar-refractivity contribution in [3.05, 3.63) is 35.4 Å². The Morgan fingerprint density at radius 1 is 1.31 bits per heavy atom. The third-order valence-corrected chi connectivity index (χ3v) is 3.81. The van der Waals surface area contributed by atoms with E-state index in [1.165, 1.54) is 36.8 Å². The predicted molar refractivity (Wildman–Crippen MR) is 69.4 cm³/mol. The normalized spacial score (nSPS) is 18.1. The topological polar surface area (TPSA) is 12.0 Å². The van der Waals surface area contributed by atoms with Crippen LogP contribution in [0.25, 0.3) is 0 Å². The summed E-state index contributed by atoms with van der Waals surface area (Å²) in [5.41, 5.74) is 2.83. The molecule has 1 heteroatoms. The first-order valence-electron chi connectivity index (χ1n) is 6.53. The van der Waals surface area contributed by atoms with Crippen molar-refractivity contribution in [1.82, 2.24) is 5.32 Å². The number of hydrogen-bond acceptors (Lipinski definition) is 1. The van der Waals surface area contributed by atoms with Gasteiger partial charge in [0.25, 0.3) is 0 Å². The first-order valence-corrected chi connectivity index (χ1v) is 6.53. The van der Waals surface area contributed by atoms with Gasteiger partial charge in [0.2, 0.25) is 0 Å². The molecule has 1 aromatic carbocycles. The molecule has 1 aliphatic carbocycles. The second-order valence-electron chi connectivity index (χ2n) is 5.24. The van der Waals surface area contributed by atoms with Crippen LogP contribution in [0.4, 0.5) is 0 Å². The van der Waals surface area contributed by atoms with E-state index in [-0.39, 0.29) is 0 Å². The average molecular weight is 217 g/mol. The largest absolute Gasteiger partial charge is 0.310 e. The maximum atomic E-state index is 3.64. The Hall–Kier alpha value is -0.820. The zero-order chi connectivity index (χ0) is 11.4. The van der Waals surface area contributed by atoms with Crippen LogP contribution in [-0.2, 0) is 6.54 Å². The summed E-state index contributed by atoms with van der Waals surface area (Å²) in [6.45, 7) is 5.52. The lowest BCUT2D eigenvalue weighted by Crippen LogP contribution is -2.30. The molecular weight excluding hydrogens is 194 g/mol. The van der Waals surface area contributed by atoms with E-state index in [1.807, 2.05) is 0 Å². The van der Waals surface area contributed by atoms with Crippen molar-refractivity contribution in [2.24, 2.45) is 5.92 Å². The Morgan fingerprint density at radius 2 is 2.06 bits per heavy atom. The SMILES string of the molecule is Cc1ccccc1CNC(C)CC1CCC1. The molecule has 0 bridgehead atoms. The Bertz CT molecular complexity index is 328. The molecule has 16 heavy (non-hydrogen) atoms. The van der Waals surface area contributed by atoms with E-state index in [2.05, 4.69) is 43.4 Å². The summed E-state index contributed by atoms with van der Waals surface area (Å²) in [5, 5.41) is 3.64. The van der Waals surface area contributed by atoms with Gasteiger partial charge in [0, 0.05) is 12.6 Å². The zero-order valence-electron chi connectivity index (χ0n) is 10.5. The molecule has 1 aromatic rings. The fourth-order valence-corrected chi connectivity index (χ4v) is 2.40. The van der Waals surface area contributed by atoms with Gasteiger partial charge in [-0.05, 0) is 37.3 Å². The molecule has 88 valence electrons. The first kappa shape index (κ1) is 11.7. The molecule has 1 fully saturated rings. The number of hydrogen-bond donors (Lipinski definition) is 1. The van der Waals surface area contributed by atoms with Crippen molar-refractivity contribution in [3.8, 4) is 0 Å². The smallest absolute Gasteiger partial charge is 0.0210 e. The van der Waals surface area contributed by atoms with E-state index in [4.69, 9.17) is 0 Å². The maximum Gasteiger partial charge on any atom is 0.0210 e. The van der Waals surface area contributed by atoms with Gasteiger partial charge in [-0.2, -0.15) is 0 Å². The molecule has 1 saturated carbocycles. The van der Waals surface area contributed by atoms with Crippen molar-refractivity contribution in [2.75, 3.05) is 0 Å². The minimum Gasteiger partial charge on any atom is -0.310 e. The summed E-state index contributed by atoms with van der Waals surface area (Å²) in [4.78, 5) is 0. The second-order valence-corrected chi connectivity index (χ2v) is 5.24. The van der Waals surface area contributed by atoms with Gasteiger partial charge in [-0.25, -0.2) is 0 Å². The van der Waals surface area contributed by atoms with Gasteiger partial charge >= 0.3 is 0 Å². The van der Waals surface area contributed by atoms with Crippen LogP contribution in [0.5, 0.6) is 0 Å². The molecule has 0 radical (unpaired) electrons. The van der Waals surface area contributed by atoms with Gasteiger partial charge in [0.05, 0.1) is 0 Å². The molecule has 0 saturated heterocycles. The van der Waals surface area contributed by atoms with E-state index in [0.29, 0.717) is 6.04 Å². The van der Waals surface area contributed by atoms with Gasteiger partial charge in [-0.3, -0.25) is 0 Å². The fraction of sp³-hybridized carbons (Fsp3) is 0.600. The lowest BCUT2D eigenvalue weighted by Gasteiger charge is -2.28. The minimum atomic E-state index is 0.657. The molecule has 1 atom stereocenters. The first-order chi connectivity index (χ1) is 7.75. The Labute approximate surface area is 99.3 Å². The molecule has 0 aromatic heterocycles. The van der Waals surface area contributed by atoms with Crippen molar-refractivity contribution in [3.63, 3.8) is 0 Å². The molecule has 0 spiro atoms. The molecule has 1 aliphatic rings. The van der Waals surface area contributed by atoms with Gasteiger partial charge in [0.15, 0.2) is 0 Å². The quantitative estimate of drug-likeness (QED) is 0.793. The van der Waals surface area contributed by atoms with Crippen LogP contribution in [0.3, 0.4) is 0 Å². The van der Waals surface area contributed by atoms with Crippen LogP contribution in [0, 0.1) is 12.8 Å². The van der Waals surface area contributed by atoms with E-state index >= 15 is 0 Å². The number of nitrogens with one attached hydrogen (secondary N) is 1. The molecule has 2 rings (SSSR count). The highest BCUT2D eigenvalue weighted by molar-refractivity contribution is 5.25. The Balaban J connectivity index is 1.75. The third kappa shape index (κ3) is 3.08. The summed E-state index contributed by atoms with van der Waals surface area (Å²) in [6, 6.07) is 9.30. The minimum absolute atomic E-state index is 0.657. The van der Waals surface area contributed by atoms with E-state index < -0.39 is 0 Å².